The Labute approximate surface area is 150 Å². The number of nitrogens with zero attached hydrogens (tertiary/aromatic N) is 1. The van der Waals surface area contributed by atoms with E-state index in [-0.39, 0.29) is 23.8 Å². The van der Waals surface area contributed by atoms with Gasteiger partial charge in [0.25, 0.3) is 5.91 Å². The molecule has 0 saturated carbocycles. The third-order valence-electron chi connectivity index (χ3n) is 4.74. The van der Waals surface area contributed by atoms with E-state index in [2.05, 4.69) is 20.8 Å². The standard InChI is InChI=1S/C21H29NO3/c1-15-18(16-10-8-7-9-11-16)19(24)22(14-25-15)21(5,6)17(23)12-13-20(2,3)4/h7-11H,12-14H2,1-6H3. The van der Waals surface area contributed by atoms with Crippen LogP contribution in [0.3, 0.4) is 0 Å². The predicted molar refractivity (Wildman–Crippen MR) is 99.6 cm³/mol. The summed E-state index contributed by atoms with van der Waals surface area (Å²) >= 11 is 0. The quantitative estimate of drug-likeness (QED) is 0.795. The van der Waals surface area contributed by atoms with Gasteiger partial charge >= 0.3 is 0 Å². The Kier molecular flexibility index (Phi) is 5.40. The average molecular weight is 343 g/mol. The van der Waals surface area contributed by atoms with E-state index >= 15 is 0 Å². The summed E-state index contributed by atoms with van der Waals surface area (Å²) in [5.41, 5.74) is 0.527. The minimum absolute atomic E-state index is 0.0614. The number of Topliss-reactive ketones (excluding diaryl/α,β-unsaturated/α-hetero) is 1. The van der Waals surface area contributed by atoms with Crippen LogP contribution < -0.4 is 0 Å². The highest BCUT2D eigenvalue weighted by Crippen LogP contribution is 2.32. The van der Waals surface area contributed by atoms with Gasteiger partial charge in [-0.1, -0.05) is 51.1 Å². The first kappa shape index (κ1) is 19.2. The molecule has 25 heavy (non-hydrogen) atoms. The van der Waals surface area contributed by atoms with E-state index in [0.717, 1.165) is 12.0 Å². The topological polar surface area (TPSA) is 46.6 Å². The van der Waals surface area contributed by atoms with Gasteiger partial charge in [0.15, 0.2) is 12.5 Å². The number of carbonyl (C=O) groups is 2. The third kappa shape index (κ3) is 4.30. The SMILES string of the molecule is CC1=C(c2ccccc2)C(=O)N(C(C)(C)C(=O)CCC(C)(C)C)CO1. The maximum atomic E-state index is 13.1. The van der Waals surface area contributed by atoms with E-state index in [4.69, 9.17) is 4.74 Å². The molecular formula is C21H29NO3. The van der Waals surface area contributed by atoms with Crippen LogP contribution in [-0.2, 0) is 14.3 Å². The van der Waals surface area contributed by atoms with Crippen LogP contribution >= 0.6 is 0 Å². The summed E-state index contributed by atoms with van der Waals surface area (Å²) in [7, 11) is 0. The Morgan fingerprint density at radius 1 is 1.12 bits per heavy atom. The third-order valence-corrected chi connectivity index (χ3v) is 4.74. The summed E-state index contributed by atoms with van der Waals surface area (Å²) in [5, 5.41) is 0. The number of allylic oxidation sites excluding steroid dienone is 1. The number of ether oxygens (including phenoxy) is 1. The molecule has 4 heteroatoms. The van der Waals surface area contributed by atoms with E-state index in [1.54, 1.807) is 11.8 Å². The molecule has 4 nitrogen and oxygen atoms in total. The van der Waals surface area contributed by atoms with Gasteiger partial charge in [0.05, 0.1) is 11.1 Å². The molecule has 0 N–H and O–H groups in total. The molecule has 0 aromatic heterocycles. The van der Waals surface area contributed by atoms with Crippen molar-refractivity contribution >= 4 is 17.3 Å². The van der Waals surface area contributed by atoms with Crippen LogP contribution in [0.25, 0.3) is 5.57 Å². The molecule has 0 fully saturated rings. The minimum atomic E-state index is -0.900. The lowest BCUT2D eigenvalue weighted by molar-refractivity contribution is -0.148. The van der Waals surface area contributed by atoms with E-state index in [9.17, 15) is 9.59 Å². The second-order valence-corrected chi connectivity index (χ2v) is 8.35. The Morgan fingerprint density at radius 2 is 1.72 bits per heavy atom. The van der Waals surface area contributed by atoms with Crippen molar-refractivity contribution in [2.24, 2.45) is 5.41 Å². The summed E-state index contributed by atoms with van der Waals surface area (Å²) in [6, 6.07) is 9.46. The molecule has 0 bridgehead atoms. The molecule has 1 amide bonds. The summed E-state index contributed by atoms with van der Waals surface area (Å²) in [5.74, 6) is 0.515. The number of hydrogen-bond donors (Lipinski definition) is 0. The van der Waals surface area contributed by atoms with Crippen LogP contribution in [0.2, 0.25) is 0 Å². The normalized spacial score (nSPS) is 16.1. The first-order chi connectivity index (χ1) is 11.5. The molecule has 0 aliphatic carbocycles. The molecule has 1 aromatic rings. The molecular weight excluding hydrogens is 314 g/mol. The van der Waals surface area contributed by atoms with Gasteiger partial charge < -0.3 is 4.74 Å². The van der Waals surface area contributed by atoms with Crippen molar-refractivity contribution in [1.82, 2.24) is 4.90 Å². The molecule has 0 unspecified atom stereocenters. The first-order valence-corrected chi connectivity index (χ1v) is 8.78. The largest absolute Gasteiger partial charge is 0.477 e. The van der Waals surface area contributed by atoms with Crippen molar-refractivity contribution in [2.75, 3.05) is 6.73 Å². The second-order valence-electron chi connectivity index (χ2n) is 8.35. The molecule has 1 heterocycles. The van der Waals surface area contributed by atoms with Gasteiger partial charge in [-0.05, 0) is 38.2 Å². The molecule has 0 saturated heterocycles. The molecule has 2 rings (SSSR count). The maximum Gasteiger partial charge on any atom is 0.261 e. The van der Waals surface area contributed by atoms with Crippen LogP contribution in [0.15, 0.2) is 36.1 Å². The fraction of sp³-hybridized carbons (Fsp3) is 0.524. The highest BCUT2D eigenvalue weighted by Gasteiger charge is 2.41. The van der Waals surface area contributed by atoms with Crippen molar-refractivity contribution in [3.63, 3.8) is 0 Å². The smallest absolute Gasteiger partial charge is 0.261 e. The summed E-state index contributed by atoms with van der Waals surface area (Å²) < 4.78 is 5.74. The zero-order chi connectivity index (χ0) is 18.8. The van der Waals surface area contributed by atoms with Crippen LogP contribution in [0.1, 0.15) is 59.9 Å². The number of amides is 1. The Hall–Kier alpha value is -2.10. The van der Waals surface area contributed by atoms with Crippen molar-refractivity contribution in [3.05, 3.63) is 41.7 Å². The van der Waals surface area contributed by atoms with E-state index in [0.29, 0.717) is 17.8 Å². The minimum Gasteiger partial charge on any atom is -0.477 e. The van der Waals surface area contributed by atoms with Crippen molar-refractivity contribution in [1.29, 1.82) is 0 Å². The van der Waals surface area contributed by atoms with E-state index in [1.165, 1.54) is 0 Å². The van der Waals surface area contributed by atoms with E-state index < -0.39 is 5.54 Å². The Bertz CT molecular complexity index is 681. The summed E-state index contributed by atoms with van der Waals surface area (Å²) in [6.45, 7) is 11.9. The molecule has 1 aromatic carbocycles. The number of rotatable bonds is 5. The Morgan fingerprint density at radius 3 is 2.28 bits per heavy atom. The fourth-order valence-corrected chi connectivity index (χ4v) is 2.87. The Balaban J connectivity index is 2.25. The highest BCUT2D eigenvalue weighted by molar-refractivity contribution is 6.21. The molecule has 136 valence electrons. The molecule has 0 atom stereocenters. The molecule has 0 spiro atoms. The van der Waals surface area contributed by atoms with E-state index in [1.807, 2.05) is 44.2 Å². The average Bonchev–Trinajstić information content (AvgIpc) is 2.52. The lowest BCUT2D eigenvalue weighted by Crippen LogP contribution is -2.55. The van der Waals surface area contributed by atoms with Gasteiger partial charge in [0, 0.05) is 6.42 Å². The van der Waals surface area contributed by atoms with Crippen LogP contribution in [0, 0.1) is 5.41 Å². The van der Waals surface area contributed by atoms with Gasteiger partial charge in [-0.15, -0.1) is 0 Å². The number of hydrogen-bond acceptors (Lipinski definition) is 3. The first-order valence-electron chi connectivity index (χ1n) is 8.78. The van der Waals surface area contributed by atoms with Crippen LogP contribution in [-0.4, -0.2) is 28.9 Å². The van der Waals surface area contributed by atoms with Crippen molar-refractivity contribution < 1.29 is 14.3 Å². The lowest BCUT2D eigenvalue weighted by Gasteiger charge is -2.40. The van der Waals surface area contributed by atoms with Crippen LogP contribution in [0.5, 0.6) is 0 Å². The summed E-state index contributed by atoms with van der Waals surface area (Å²) in [4.78, 5) is 27.5. The molecule has 1 aliphatic heterocycles. The monoisotopic (exact) mass is 343 g/mol. The maximum absolute atomic E-state index is 13.1. The predicted octanol–water partition coefficient (Wildman–Crippen LogP) is 4.41. The molecule has 0 radical (unpaired) electrons. The van der Waals surface area contributed by atoms with Crippen molar-refractivity contribution in [3.8, 4) is 0 Å². The highest BCUT2D eigenvalue weighted by atomic mass is 16.5. The molecule has 1 aliphatic rings. The zero-order valence-corrected chi connectivity index (χ0v) is 16.2. The summed E-state index contributed by atoms with van der Waals surface area (Å²) in [6.07, 6.45) is 1.24. The van der Waals surface area contributed by atoms with Crippen LogP contribution in [0.4, 0.5) is 0 Å². The number of benzene rings is 1. The second kappa shape index (κ2) is 7.03. The van der Waals surface area contributed by atoms with Gasteiger partial charge in [0.2, 0.25) is 0 Å². The van der Waals surface area contributed by atoms with Gasteiger partial charge in [0.1, 0.15) is 5.76 Å². The number of carbonyl (C=O) groups excluding carboxylic acids is 2. The lowest BCUT2D eigenvalue weighted by atomic mass is 9.84. The fourth-order valence-electron chi connectivity index (χ4n) is 2.87. The van der Waals surface area contributed by atoms with Crippen molar-refractivity contribution in [2.45, 2.75) is 59.9 Å². The van der Waals surface area contributed by atoms with Gasteiger partial charge in [-0.2, -0.15) is 0 Å². The zero-order valence-electron chi connectivity index (χ0n) is 16.2. The number of ketones is 1. The van der Waals surface area contributed by atoms with Gasteiger partial charge in [-0.25, -0.2) is 0 Å². The van der Waals surface area contributed by atoms with Gasteiger partial charge in [-0.3, -0.25) is 14.5 Å².